The second-order valence-corrected chi connectivity index (χ2v) is 7.79. The Balaban J connectivity index is 2.81. The minimum atomic E-state index is -3.64. The molecular formula is C13H21NO4S2. The molecule has 0 bridgehead atoms. The second-order valence-electron chi connectivity index (χ2n) is 4.85. The van der Waals surface area contributed by atoms with Crippen molar-refractivity contribution in [1.82, 2.24) is 4.72 Å². The number of nitrogens with one attached hydrogen (secondary N) is 1. The van der Waals surface area contributed by atoms with Gasteiger partial charge >= 0.3 is 5.97 Å². The highest BCUT2D eigenvalue weighted by atomic mass is 32.2. The number of hydrogen-bond acceptors (Lipinski definition) is 4. The summed E-state index contributed by atoms with van der Waals surface area (Å²) in [6, 6.07) is 1.07. The first kappa shape index (κ1) is 17.1. The molecule has 0 aliphatic rings. The molecule has 20 heavy (non-hydrogen) atoms. The molecule has 0 radical (unpaired) electrons. The van der Waals surface area contributed by atoms with Gasteiger partial charge in [0.15, 0.2) is 0 Å². The van der Waals surface area contributed by atoms with Gasteiger partial charge in [-0.3, -0.25) is 0 Å². The number of carbonyl (C=O) groups is 1. The lowest BCUT2D eigenvalue weighted by Crippen LogP contribution is -2.32. The van der Waals surface area contributed by atoms with E-state index >= 15 is 0 Å². The highest BCUT2D eigenvalue weighted by Crippen LogP contribution is 2.26. The van der Waals surface area contributed by atoms with E-state index in [1.54, 1.807) is 6.92 Å². The molecule has 1 rings (SSSR count). The van der Waals surface area contributed by atoms with Gasteiger partial charge in [0.2, 0.25) is 10.0 Å². The number of carboxylic acids is 1. The highest BCUT2D eigenvalue weighted by Gasteiger charge is 2.23. The fourth-order valence-electron chi connectivity index (χ4n) is 1.93. The molecule has 1 heterocycles. The van der Waals surface area contributed by atoms with Crippen molar-refractivity contribution >= 4 is 27.3 Å². The summed E-state index contributed by atoms with van der Waals surface area (Å²) in [5, 5.41) is 8.91. The molecule has 1 atom stereocenters. The first-order valence-corrected chi connectivity index (χ1v) is 8.94. The first-order valence-electron chi connectivity index (χ1n) is 6.64. The van der Waals surface area contributed by atoms with Gasteiger partial charge in [0.1, 0.15) is 4.88 Å². The standard InChI is InChI=1S/C13H21NO4S2/c1-4-5-6-7-9(2)14-20(17,18)12-8-11(13(15)16)19-10(12)3/h8-9,14H,4-7H2,1-3H3,(H,15,16). The molecule has 0 spiro atoms. The van der Waals surface area contributed by atoms with Crippen molar-refractivity contribution in [3.63, 3.8) is 0 Å². The summed E-state index contributed by atoms with van der Waals surface area (Å²) in [5.41, 5.74) is 0. The van der Waals surface area contributed by atoms with E-state index in [9.17, 15) is 13.2 Å². The third-order valence-electron chi connectivity index (χ3n) is 2.97. The van der Waals surface area contributed by atoms with Gasteiger partial charge < -0.3 is 5.11 Å². The predicted molar refractivity (Wildman–Crippen MR) is 79.9 cm³/mol. The molecule has 1 aromatic rings. The molecule has 1 aromatic heterocycles. The highest BCUT2D eigenvalue weighted by molar-refractivity contribution is 7.89. The van der Waals surface area contributed by atoms with E-state index in [1.807, 2.05) is 6.92 Å². The van der Waals surface area contributed by atoms with Gasteiger partial charge in [-0.05, 0) is 26.3 Å². The fourth-order valence-corrected chi connectivity index (χ4v) is 4.63. The Hall–Kier alpha value is -0.920. The normalized spacial score (nSPS) is 13.3. The Labute approximate surface area is 124 Å². The zero-order valence-electron chi connectivity index (χ0n) is 12.0. The van der Waals surface area contributed by atoms with Gasteiger partial charge in [0.25, 0.3) is 0 Å². The number of sulfonamides is 1. The molecule has 2 N–H and O–H groups in total. The van der Waals surface area contributed by atoms with E-state index in [2.05, 4.69) is 11.6 Å². The largest absolute Gasteiger partial charge is 0.477 e. The molecule has 0 saturated heterocycles. The van der Waals surface area contributed by atoms with Crippen LogP contribution < -0.4 is 4.72 Å². The molecule has 5 nitrogen and oxygen atoms in total. The fraction of sp³-hybridized carbons (Fsp3) is 0.615. The van der Waals surface area contributed by atoms with Gasteiger partial charge in [0.05, 0.1) is 4.90 Å². The Kier molecular flexibility index (Phi) is 6.16. The molecule has 0 aromatic carbocycles. The van der Waals surface area contributed by atoms with Crippen LogP contribution in [0, 0.1) is 6.92 Å². The molecular weight excluding hydrogens is 298 g/mol. The van der Waals surface area contributed by atoms with E-state index in [1.165, 1.54) is 6.07 Å². The molecule has 0 aliphatic carbocycles. The average Bonchev–Trinajstić information content (AvgIpc) is 2.72. The van der Waals surface area contributed by atoms with E-state index < -0.39 is 16.0 Å². The van der Waals surface area contributed by atoms with Crippen molar-refractivity contribution in [3.05, 3.63) is 15.8 Å². The van der Waals surface area contributed by atoms with Crippen LogP contribution in [0.4, 0.5) is 0 Å². The molecule has 114 valence electrons. The van der Waals surface area contributed by atoms with Crippen molar-refractivity contribution in [2.24, 2.45) is 0 Å². The van der Waals surface area contributed by atoms with Crippen molar-refractivity contribution in [3.8, 4) is 0 Å². The maximum Gasteiger partial charge on any atom is 0.345 e. The summed E-state index contributed by atoms with van der Waals surface area (Å²) in [6.07, 6.45) is 3.92. The summed E-state index contributed by atoms with van der Waals surface area (Å²) in [7, 11) is -3.64. The Morgan fingerprint density at radius 1 is 1.45 bits per heavy atom. The van der Waals surface area contributed by atoms with Crippen LogP contribution >= 0.6 is 11.3 Å². The Morgan fingerprint density at radius 3 is 2.60 bits per heavy atom. The van der Waals surface area contributed by atoms with E-state index in [4.69, 9.17) is 5.11 Å². The summed E-state index contributed by atoms with van der Waals surface area (Å²) in [5.74, 6) is -1.10. The van der Waals surface area contributed by atoms with Gasteiger partial charge in [-0.15, -0.1) is 11.3 Å². The van der Waals surface area contributed by atoms with Crippen LogP contribution in [-0.4, -0.2) is 25.5 Å². The van der Waals surface area contributed by atoms with Gasteiger partial charge in [-0.2, -0.15) is 0 Å². The molecule has 7 heteroatoms. The van der Waals surface area contributed by atoms with Crippen LogP contribution in [0.1, 0.15) is 54.1 Å². The number of aromatic carboxylic acids is 1. The Morgan fingerprint density at radius 2 is 2.10 bits per heavy atom. The average molecular weight is 319 g/mol. The molecule has 0 fully saturated rings. The minimum Gasteiger partial charge on any atom is -0.477 e. The lowest BCUT2D eigenvalue weighted by molar-refractivity contribution is 0.0702. The SMILES string of the molecule is CCCCCC(C)NS(=O)(=O)c1cc(C(=O)O)sc1C. The molecule has 1 unspecified atom stereocenters. The third-order valence-corrected chi connectivity index (χ3v) is 5.85. The van der Waals surface area contributed by atoms with E-state index in [0.717, 1.165) is 37.0 Å². The number of aryl methyl sites for hydroxylation is 1. The van der Waals surface area contributed by atoms with Crippen LogP contribution in [0.5, 0.6) is 0 Å². The van der Waals surface area contributed by atoms with Crippen LogP contribution in [0.25, 0.3) is 0 Å². The first-order chi connectivity index (χ1) is 9.27. The minimum absolute atomic E-state index is 0.0431. The summed E-state index contributed by atoms with van der Waals surface area (Å²) < 4.78 is 27.1. The molecule has 0 aliphatic heterocycles. The second kappa shape index (κ2) is 7.19. The summed E-state index contributed by atoms with van der Waals surface area (Å²) in [6.45, 7) is 5.54. The monoisotopic (exact) mass is 319 g/mol. The topological polar surface area (TPSA) is 83.5 Å². The maximum atomic E-state index is 12.2. The third kappa shape index (κ3) is 4.57. The number of rotatable bonds is 8. The summed E-state index contributed by atoms with van der Waals surface area (Å²) >= 11 is 0.979. The van der Waals surface area contributed by atoms with Crippen LogP contribution in [0.2, 0.25) is 0 Å². The number of thiophene rings is 1. The number of carboxylic acid groups (broad SMARTS) is 1. The lowest BCUT2D eigenvalue weighted by atomic mass is 10.1. The van der Waals surface area contributed by atoms with Crippen LogP contribution in [-0.2, 0) is 10.0 Å². The zero-order chi connectivity index (χ0) is 15.3. The maximum absolute atomic E-state index is 12.2. The summed E-state index contributed by atoms with van der Waals surface area (Å²) in [4.78, 5) is 11.5. The van der Waals surface area contributed by atoms with Crippen molar-refractivity contribution < 1.29 is 18.3 Å². The van der Waals surface area contributed by atoms with Gasteiger partial charge in [-0.25, -0.2) is 17.9 Å². The van der Waals surface area contributed by atoms with Crippen molar-refractivity contribution in [1.29, 1.82) is 0 Å². The van der Waals surface area contributed by atoms with Crippen LogP contribution in [0.15, 0.2) is 11.0 Å². The smallest absolute Gasteiger partial charge is 0.345 e. The number of unbranched alkanes of at least 4 members (excludes halogenated alkanes) is 2. The molecule has 0 amide bonds. The zero-order valence-corrected chi connectivity index (χ0v) is 13.6. The van der Waals surface area contributed by atoms with E-state index in [-0.39, 0.29) is 15.8 Å². The lowest BCUT2D eigenvalue weighted by Gasteiger charge is -2.13. The van der Waals surface area contributed by atoms with Gasteiger partial charge in [0, 0.05) is 10.9 Å². The van der Waals surface area contributed by atoms with Crippen molar-refractivity contribution in [2.45, 2.75) is 57.4 Å². The number of hydrogen-bond donors (Lipinski definition) is 2. The quantitative estimate of drug-likeness (QED) is 0.721. The van der Waals surface area contributed by atoms with E-state index in [0.29, 0.717) is 4.88 Å². The molecule has 0 saturated carbocycles. The van der Waals surface area contributed by atoms with Crippen LogP contribution in [0.3, 0.4) is 0 Å². The van der Waals surface area contributed by atoms with Gasteiger partial charge in [-0.1, -0.05) is 26.2 Å². The van der Waals surface area contributed by atoms with Crippen molar-refractivity contribution in [2.75, 3.05) is 0 Å². The Bertz CT molecular complexity index is 563. The predicted octanol–water partition coefficient (Wildman–Crippen LogP) is 3.00.